The van der Waals surface area contributed by atoms with Gasteiger partial charge in [0.05, 0.1) is 5.69 Å². The van der Waals surface area contributed by atoms with E-state index in [-0.39, 0.29) is 5.69 Å². The van der Waals surface area contributed by atoms with Crippen LogP contribution in [0.2, 0.25) is 0 Å². The number of nitriles is 1. The van der Waals surface area contributed by atoms with E-state index < -0.39 is 0 Å². The molecule has 1 heterocycles. The van der Waals surface area contributed by atoms with Crippen molar-refractivity contribution >= 4 is 11.5 Å². The van der Waals surface area contributed by atoms with Gasteiger partial charge in [0.15, 0.2) is 5.69 Å². The second kappa shape index (κ2) is 4.65. The summed E-state index contributed by atoms with van der Waals surface area (Å²) in [5, 5.41) is 12.0. The number of nitrogens with zero attached hydrogens (tertiary/aromatic N) is 2. The number of nitrogens with one attached hydrogen (secondary N) is 1. The third-order valence-electron chi connectivity index (χ3n) is 2.41. The number of hydrogen-bond acceptors (Lipinski definition) is 4. The molecule has 0 spiro atoms. The molecule has 0 radical (unpaired) electrons. The van der Waals surface area contributed by atoms with Gasteiger partial charge in [0, 0.05) is 6.04 Å². The van der Waals surface area contributed by atoms with E-state index in [0.29, 0.717) is 23.5 Å². The Hall–Kier alpha value is -1.76. The van der Waals surface area contributed by atoms with Crippen LogP contribution in [-0.4, -0.2) is 11.0 Å². The van der Waals surface area contributed by atoms with Gasteiger partial charge in [-0.25, -0.2) is 4.98 Å². The van der Waals surface area contributed by atoms with Crippen molar-refractivity contribution in [1.82, 2.24) is 4.98 Å². The minimum Gasteiger partial charge on any atom is -0.396 e. The summed E-state index contributed by atoms with van der Waals surface area (Å²) in [4.78, 5) is 4.12. The van der Waals surface area contributed by atoms with Crippen LogP contribution in [0, 0.1) is 17.2 Å². The summed E-state index contributed by atoms with van der Waals surface area (Å²) in [5.74, 6) is 1.21. The third-order valence-corrected chi connectivity index (χ3v) is 2.41. The summed E-state index contributed by atoms with van der Waals surface area (Å²) in [7, 11) is 0. The monoisotopic (exact) mass is 204 g/mol. The summed E-state index contributed by atoms with van der Waals surface area (Å²) >= 11 is 0. The van der Waals surface area contributed by atoms with Gasteiger partial charge in [-0.15, -0.1) is 0 Å². The van der Waals surface area contributed by atoms with E-state index in [9.17, 15) is 0 Å². The van der Waals surface area contributed by atoms with Crippen molar-refractivity contribution in [3.63, 3.8) is 0 Å². The van der Waals surface area contributed by atoms with Gasteiger partial charge in [-0.1, -0.05) is 13.8 Å². The fourth-order valence-electron chi connectivity index (χ4n) is 1.04. The van der Waals surface area contributed by atoms with Crippen molar-refractivity contribution in [3.05, 3.63) is 17.8 Å². The molecule has 4 heteroatoms. The molecule has 15 heavy (non-hydrogen) atoms. The second-order valence-corrected chi connectivity index (χ2v) is 3.92. The SMILES string of the molecule is CC(C)C(C)Nc1ccc(N)c(C#N)n1. The van der Waals surface area contributed by atoms with Crippen LogP contribution in [0.15, 0.2) is 12.1 Å². The van der Waals surface area contributed by atoms with Crippen LogP contribution in [0.4, 0.5) is 11.5 Å². The molecule has 0 saturated heterocycles. The molecule has 1 atom stereocenters. The molecular formula is C11H16N4. The van der Waals surface area contributed by atoms with E-state index in [1.165, 1.54) is 0 Å². The maximum absolute atomic E-state index is 8.77. The molecular weight excluding hydrogens is 188 g/mol. The van der Waals surface area contributed by atoms with E-state index >= 15 is 0 Å². The Morgan fingerprint density at radius 1 is 1.40 bits per heavy atom. The lowest BCUT2D eigenvalue weighted by Gasteiger charge is -2.18. The van der Waals surface area contributed by atoms with E-state index in [1.54, 1.807) is 12.1 Å². The first kappa shape index (κ1) is 11.3. The fourth-order valence-corrected chi connectivity index (χ4v) is 1.04. The van der Waals surface area contributed by atoms with Crippen molar-refractivity contribution < 1.29 is 0 Å². The topological polar surface area (TPSA) is 74.7 Å². The van der Waals surface area contributed by atoms with Crippen LogP contribution in [0.25, 0.3) is 0 Å². The normalized spacial score (nSPS) is 12.2. The number of pyridine rings is 1. The van der Waals surface area contributed by atoms with Gasteiger partial charge in [0.25, 0.3) is 0 Å². The van der Waals surface area contributed by atoms with Crippen LogP contribution in [0.3, 0.4) is 0 Å². The lowest BCUT2D eigenvalue weighted by atomic mass is 10.1. The van der Waals surface area contributed by atoms with Crippen LogP contribution in [0.5, 0.6) is 0 Å². The molecule has 0 bridgehead atoms. The molecule has 80 valence electrons. The molecule has 0 aliphatic heterocycles. The van der Waals surface area contributed by atoms with Gasteiger partial charge >= 0.3 is 0 Å². The molecule has 0 saturated carbocycles. The predicted molar refractivity (Wildman–Crippen MR) is 61.3 cm³/mol. The fraction of sp³-hybridized carbons (Fsp3) is 0.455. The molecule has 4 nitrogen and oxygen atoms in total. The van der Waals surface area contributed by atoms with Gasteiger partial charge in [0.2, 0.25) is 0 Å². The molecule has 0 aromatic carbocycles. The quantitative estimate of drug-likeness (QED) is 0.789. The van der Waals surface area contributed by atoms with Crippen LogP contribution in [0.1, 0.15) is 26.5 Å². The highest BCUT2D eigenvalue weighted by Crippen LogP contribution is 2.14. The standard InChI is InChI=1S/C11H16N4/c1-7(2)8(3)14-11-5-4-9(13)10(6-12)15-11/h4-5,7-8H,13H2,1-3H3,(H,14,15). The predicted octanol–water partition coefficient (Wildman–Crippen LogP) is 1.99. The van der Waals surface area contributed by atoms with Crippen molar-refractivity contribution in [2.24, 2.45) is 5.92 Å². The number of hydrogen-bond donors (Lipinski definition) is 2. The van der Waals surface area contributed by atoms with Crippen molar-refractivity contribution in [2.45, 2.75) is 26.8 Å². The Bertz CT molecular complexity index is 379. The summed E-state index contributed by atoms with van der Waals surface area (Å²) in [5.41, 5.74) is 6.27. The average molecular weight is 204 g/mol. The highest BCUT2D eigenvalue weighted by atomic mass is 15.0. The Labute approximate surface area is 90.1 Å². The zero-order valence-corrected chi connectivity index (χ0v) is 9.28. The summed E-state index contributed by atoms with van der Waals surface area (Å²) in [6.45, 7) is 6.33. The highest BCUT2D eigenvalue weighted by molar-refractivity contribution is 5.54. The smallest absolute Gasteiger partial charge is 0.165 e. The number of anilines is 2. The minimum atomic E-state index is 0.274. The van der Waals surface area contributed by atoms with Crippen LogP contribution in [-0.2, 0) is 0 Å². The Balaban J connectivity index is 2.84. The van der Waals surface area contributed by atoms with Crippen LogP contribution < -0.4 is 11.1 Å². The molecule has 1 rings (SSSR count). The molecule has 1 unspecified atom stereocenters. The Kier molecular flexibility index (Phi) is 3.51. The Morgan fingerprint density at radius 2 is 2.07 bits per heavy atom. The molecule has 1 aromatic rings. The lowest BCUT2D eigenvalue weighted by Crippen LogP contribution is -2.22. The second-order valence-electron chi connectivity index (χ2n) is 3.92. The highest BCUT2D eigenvalue weighted by Gasteiger charge is 2.08. The molecule has 1 aromatic heterocycles. The van der Waals surface area contributed by atoms with E-state index in [2.05, 4.69) is 31.1 Å². The summed E-state index contributed by atoms with van der Waals surface area (Å²) in [6, 6.07) is 5.76. The molecule has 0 aliphatic carbocycles. The molecule has 0 fully saturated rings. The van der Waals surface area contributed by atoms with Gasteiger partial charge in [-0.2, -0.15) is 5.26 Å². The molecule has 3 N–H and O–H groups in total. The number of aromatic nitrogens is 1. The number of nitrogen functional groups attached to an aromatic ring is 1. The lowest BCUT2D eigenvalue weighted by molar-refractivity contribution is 0.558. The first-order valence-corrected chi connectivity index (χ1v) is 4.97. The first-order chi connectivity index (χ1) is 7.04. The first-order valence-electron chi connectivity index (χ1n) is 4.97. The third kappa shape index (κ3) is 2.84. The van der Waals surface area contributed by atoms with Crippen molar-refractivity contribution in [3.8, 4) is 6.07 Å². The van der Waals surface area contributed by atoms with Gasteiger partial charge in [-0.05, 0) is 25.0 Å². The van der Waals surface area contributed by atoms with Crippen LogP contribution >= 0.6 is 0 Å². The molecule has 0 aliphatic rings. The molecule has 0 amide bonds. The summed E-state index contributed by atoms with van der Waals surface area (Å²) < 4.78 is 0. The minimum absolute atomic E-state index is 0.274. The maximum atomic E-state index is 8.77. The average Bonchev–Trinajstić information content (AvgIpc) is 2.20. The van der Waals surface area contributed by atoms with Gasteiger partial charge in [-0.3, -0.25) is 0 Å². The van der Waals surface area contributed by atoms with E-state index in [0.717, 1.165) is 0 Å². The zero-order valence-electron chi connectivity index (χ0n) is 9.28. The van der Waals surface area contributed by atoms with Crippen molar-refractivity contribution in [1.29, 1.82) is 5.26 Å². The number of rotatable bonds is 3. The zero-order chi connectivity index (χ0) is 11.4. The van der Waals surface area contributed by atoms with Gasteiger partial charge < -0.3 is 11.1 Å². The largest absolute Gasteiger partial charge is 0.396 e. The van der Waals surface area contributed by atoms with E-state index in [1.807, 2.05) is 6.07 Å². The number of nitrogens with two attached hydrogens (primary N) is 1. The Morgan fingerprint density at radius 3 is 2.60 bits per heavy atom. The van der Waals surface area contributed by atoms with Crippen molar-refractivity contribution in [2.75, 3.05) is 11.1 Å². The van der Waals surface area contributed by atoms with Gasteiger partial charge in [0.1, 0.15) is 11.9 Å². The van der Waals surface area contributed by atoms with E-state index in [4.69, 9.17) is 11.0 Å². The summed E-state index contributed by atoms with van der Waals surface area (Å²) in [6.07, 6.45) is 0. The maximum Gasteiger partial charge on any atom is 0.165 e.